The number of carbonyl (C=O) groups excluding carboxylic acids is 2. The Bertz CT molecular complexity index is 1120. The standard InChI is InChI=1S/C23H18ClN3O3/c1-15-5-10-21(20(24)11-15)27-22(28)14-26-23(29)17-3-2-4-19(12-17)30-18-8-6-16(13-25)7-9-18/h2-12H,14H2,1H3,(H,26,29)(H,27,28). The summed E-state index contributed by atoms with van der Waals surface area (Å²) in [5, 5.41) is 14.5. The van der Waals surface area contributed by atoms with Crippen molar-refractivity contribution in [3.8, 4) is 17.6 Å². The molecule has 0 saturated heterocycles. The van der Waals surface area contributed by atoms with Crippen molar-refractivity contribution >= 4 is 29.1 Å². The monoisotopic (exact) mass is 419 g/mol. The number of rotatable bonds is 6. The fourth-order valence-corrected chi connectivity index (χ4v) is 2.90. The Morgan fingerprint density at radius 3 is 2.50 bits per heavy atom. The normalized spacial score (nSPS) is 10.0. The molecule has 6 nitrogen and oxygen atoms in total. The van der Waals surface area contributed by atoms with Crippen molar-refractivity contribution in [3.05, 3.63) is 88.4 Å². The first-order valence-electron chi connectivity index (χ1n) is 9.07. The first kappa shape index (κ1) is 20.9. The average molecular weight is 420 g/mol. The zero-order valence-electron chi connectivity index (χ0n) is 16.1. The van der Waals surface area contributed by atoms with Crippen LogP contribution >= 0.6 is 11.6 Å². The highest BCUT2D eigenvalue weighted by molar-refractivity contribution is 6.33. The maximum absolute atomic E-state index is 12.4. The average Bonchev–Trinajstić information content (AvgIpc) is 2.75. The van der Waals surface area contributed by atoms with Gasteiger partial charge < -0.3 is 15.4 Å². The number of amides is 2. The number of nitrogens with one attached hydrogen (secondary N) is 2. The summed E-state index contributed by atoms with van der Waals surface area (Å²) in [7, 11) is 0. The molecular formula is C23H18ClN3O3. The van der Waals surface area contributed by atoms with Crippen molar-refractivity contribution in [1.29, 1.82) is 5.26 Å². The highest BCUT2D eigenvalue weighted by Gasteiger charge is 2.11. The molecule has 0 spiro atoms. The summed E-state index contributed by atoms with van der Waals surface area (Å²) in [5.74, 6) is 0.202. The Morgan fingerprint density at radius 1 is 1.03 bits per heavy atom. The number of nitrogens with zero attached hydrogens (tertiary/aromatic N) is 1. The summed E-state index contributed by atoms with van der Waals surface area (Å²) in [6.45, 7) is 1.70. The molecule has 2 amide bonds. The number of hydrogen-bond acceptors (Lipinski definition) is 4. The molecule has 3 aromatic carbocycles. The van der Waals surface area contributed by atoms with Gasteiger partial charge in [0.25, 0.3) is 5.91 Å². The molecule has 0 unspecified atom stereocenters. The molecule has 0 radical (unpaired) electrons. The van der Waals surface area contributed by atoms with Gasteiger partial charge >= 0.3 is 0 Å². The minimum atomic E-state index is -0.412. The second kappa shape index (κ2) is 9.59. The summed E-state index contributed by atoms with van der Waals surface area (Å²) < 4.78 is 5.71. The summed E-state index contributed by atoms with van der Waals surface area (Å²) in [4.78, 5) is 24.5. The number of carbonyl (C=O) groups is 2. The van der Waals surface area contributed by atoms with Gasteiger partial charge in [-0.3, -0.25) is 9.59 Å². The van der Waals surface area contributed by atoms with Gasteiger partial charge in [0.05, 0.1) is 28.9 Å². The number of benzene rings is 3. The number of hydrogen-bond donors (Lipinski definition) is 2. The van der Waals surface area contributed by atoms with Crippen molar-refractivity contribution in [1.82, 2.24) is 5.32 Å². The van der Waals surface area contributed by atoms with Gasteiger partial charge in [0, 0.05) is 5.56 Å². The zero-order valence-corrected chi connectivity index (χ0v) is 16.9. The SMILES string of the molecule is Cc1ccc(NC(=O)CNC(=O)c2cccc(Oc3ccc(C#N)cc3)c2)c(Cl)c1. The first-order chi connectivity index (χ1) is 14.4. The van der Waals surface area contributed by atoms with Crippen LogP contribution in [0.5, 0.6) is 11.5 Å². The van der Waals surface area contributed by atoms with Gasteiger partial charge in [-0.25, -0.2) is 0 Å². The second-order valence-corrected chi connectivity index (χ2v) is 6.89. The van der Waals surface area contributed by atoms with Crippen LogP contribution in [-0.2, 0) is 4.79 Å². The molecule has 3 rings (SSSR count). The predicted octanol–water partition coefficient (Wildman–Crippen LogP) is 4.68. The molecule has 0 fully saturated rings. The summed E-state index contributed by atoms with van der Waals surface area (Å²) in [6, 6.07) is 20.5. The Balaban J connectivity index is 1.58. The molecule has 0 aliphatic heterocycles. The van der Waals surface area contributed by atoms with E-state index in [9.17, 15) is 9.59 Å². The van der Waals surface area contributed by atoms with Crippen LogP contribution in [0.25, 0.3) is 0 Å². The van der Waals surface area contributed by atoms with Crippen molar-refractivity contribution in [2.45, 2.75) is 6.92 Å². The van der Waals surface area contributed by atoms with Crippen molar-refractivity contribution in [2.75, 3.05) is 11.9 Å². The number of aryl methyl sites for hydroxylation is 1. The van der Waals surface area contributed by atoms with E-state index in [4.69, 9.17) is 21.6 Å². The van der Waals surface area contributed by atoms with E-state index >= 15 is 0 Å². The minimum Gasteiger partial charge on any atom is -0.457 e. The number of nitriles is 1. The van der Waals surface area contributed by atoms with Crippen LogP contribution in [0.4, 0.5) is 5.69 Å². The van der Waals surface area contributed by atoms with Crippen LogP contribution in [0.2, 0.25) is 5.02 Å². The molecule has 2 N–H and O–H groups in total. The molecule has 150 valence electrons. The van der Waals surface area contributed by atoms with Gasteiger partial charge in [-0.2, -0.15) is 5.26 Å². The van der Waals surface area contributed by atoms with E-state index in [-0.39, 0.29) is 12.5 Å². The molecule has 7 heteroatoms. The van der Waals surface area contributed by atoms with Gasteiger partial charge in [0.2, 0.25) is 5.91 Å². The lowest BCUT2D eigenvalue weighted by atomic mass is 10.2. The zero-order chi connectivity index (χ0) is 21.5. The van der Waals surface area contributed by atoms with E-state index in [1.165, 1.54) is 0 Å². The molecule has 3 aromatic rings. The smallest absolute Gasteiger partial charge is 0.251 e. The van der Waals surface area contributed by atoms with Crippen molar-refractivity contribution < 1.29 is 14.3 Å². The summed E-state index contributed by atoms with van der Waals surface area (Å²) in [5.41, 5.74) is 2.34. The molecule has 0 aromatic heterocycles. The van der Waals surface area contributed by atoms with E-state index in [1.54, 1.807) is 60.7 Å². The van der Waals surface area contributed by atoms with E-state index in [2.05, 4.69) is 10.6 Å². The Kier molecular flexibility index (Phi) is 6.68. The number of halogens is 1. The van der Waals surface area contributed by atoms with Crippen LogP contribution in [0.1, 0.15) is 21.5 Å². The predicted molar refractivity (Wildman–Crippen MR) is 115 cm³/mol. The van der Waals surface area contributed by atoms with Gasteiger partial charge in [-0.15, -0.1) is 0 Å². The van der Waals surface area contributed by atoms with Crippen LogP contribution in [0.15, 0.2) is 66.7 Å². The van der Waals surface area contributed by atoms with Crippen LogP contribution in [0, 0.1) is 18.3 Å². The molecule has 30 heavy (non-hydrogen) atoms. The molecule has 0 aliphatic carbocycles. The van der Waals surface area contributed by atoms with Crippen LogP contribution < -0.4 is 15.4 Å². The third-order valence-electron chi connectivity index (χ3n) is 4.12. The lowest BCUT2D eigenvalue weighted by Crippen LogP contribution is -2.32. The number of anilines is 1. The van der Waals surface area contributed by atoms with E-state index in [1.807, 2.05) is 19.1 Å². The molecule has 0 atom stereocenters. The molecule has 0 aliphatic rings. The summed E-state index contributed by atoms with van der Waals surface area (Å²) >= 11 is 6.10. The van der Waals surface area contributed by atoms with Crippen molar-refractivity contribution in [3.63, 3.8) is 0 Å². The summed E-state index contributed by atoms with van der Waals surface area (Å²) in [6.07, 6.45) is 0. The molecular weight excluding hydrogens is 402 g/mol. The molecule has 0 bridgehead atoms. The third kappa shape index (κ3) is 5.60. The van der Waals surface area contributed by atoms with Gasteiger partial charge in [0.15, 0.2) is 0 Å². The largest absolute Gasteiger partial charge is 0.457 e. The van der Waals surface area contributed by atoms with E-state index in [0.29, 0.717) is 33.3 Å². The topological polar surface area (TPSA) is 91.2 Å². The lowest BCUT2D eigenvalue weighted by molar-refractivity contribution is -0.115. The first-order valence-corrected chi connectivity index (χ1v) is 9.44. The lowest BCUT2D eigenvalue weighted by Gasteiger charge is -2.10. The minimum absolute atomic E-state index is 0.205. The second-order valence-electron chi connectivity index (χ2n) is 6.48. The Hall–Kier alpha value is -3.82. The van der Waals surface area contributed by atoms with Gasteiger partial charge in [-0.1, -0.05) is 23.7 Å². The fourth-order valence-electron chi connectivity index (χ4n) is 2.61. The molecule has 0 saturated carbocycles. The Morgan fingerprint density at radius 2 is 1.80 bits per heavy atom. The van der Waals surface area contributed by atoms with Crippen molar-refractivity contribution in [2.24, 2.45) is 0 Å². The third-order valence-corrected chi connectivity index (χ3v) is 4.44. The molecule has 0 heterocycles. The van der Waals surface area contributed by atoms with E-state index in [0.717, 1.165) is 5.56 Å². The number of ether oxygens (including phenoxy) is 1. The quantitative estimate of drug-likeness (QED) is 0.606. The van der Waals surface area contributed by atoms with Gasteiger partial charge in [-0.05, 0) is 67.1 Å². The maximum atomic E-state index is 12.4. The van der Waals surface area contributed by atoms with Gasteiger partial charge in [0.1, 0.15) is 11.5 Å². The maximum Gasteiger partial charge on any atom is 0.251 e. The van der Waals surface area contributed by atoms with E-state index < -0.39 is 5.91 Å². The Labute approximate surface area is 179 Å². The van der Waals surface area contributed by atoms with Crippen LogP contribution in [0.3, 0.4) is 0 Å². The highest BCUT2D eigenvalue weighted by Crippen LogP contribution is 2.23. The highest BCUT2D eigenvalue weighted by atomic mass is 35.5. The van der Waals surface area contributed by atoms with Crippen LogP contribution in [-0.4, -0.2) is 18.4 Å². The fraction of sp³-hybridized carbons (Fsp3) is 0.0870.